The summed E-state index contributed by atoms with van der Waals surface area (Å²) in [7, 11) is 0. The van der Waals surface area contributed by atoms with Crippen molar-refractivity contribution in [2.45, 2.75) is 15.7 Å². The Morgan fingerprint density at radius 3 is 2.44 bits per heavy atom. The van der Waals surface area contributed by atoms with Gasteiger partial charge in [0.05, 0.1) is 0 Å². The highest BCUT2D eigenvalue weighted by Crippen LogP contribution is 2.48. The summed E-state index contributed by atoms with van der Waals surface area (Å²) in [6.45, 7) is 0. The molecule has 0 N–H and O–H groups in total. The Bertz CT molecular complexity index is 408. The van der Waals surface area contributed by atoms with Crippen molar-refractivity contribution >= 4 is 23.4 Å². The van der Waals surface area contributed by atoms with Gasteiger partial charge >= 0.3 is 10.5 Å². The molecule has 0 bridgehead atoms. The summed E-state index contributed by atoms with van der Waals surface area (Å²) < 4.78 is 35.5. The highest BCUT2D eigenvalue weighted by molar-refractivity contribution is 8.01. The third kappa shape index (κ3) is 2.91. The van der Waals surface area contributed by atoms with Crippen molar-refractivity contribution in [2.75, 3.05) is 0 Å². The fraction of sp³-hybridized carbons (Fsp3) is 0.333. The van der Waals surface area contributed by atoms with E-state index in [9.17, 15) is 13.2 Å². The van der Waals surface area contributed by atoms with Gasteiger partial charge in [0, 0.05) is 17.3 Å². The molecule has 5 nitrogen and oxygen atoms in total. The van der Waals surface area contributed by atoms with Gasteiger partial charge in [0.2, 0.25) is 0 Å². The maximum atomic E-state index is 13.4. The molecule has 0 amide bonds. The van der Waals surface area contributed by atoms with Crippen molar-refractivity contribution in [3.63, 3.8) is 0 Å². The predicted molar refractivity (Wildman–Crippen MR) is 51.7 cm³/mol. The Kier molecular flexibility index (Phi) is 3.84. The summed E-state index contributed by atoms with van der Waals surface area (Å²) in [5.74, 6) is 0. The monoisotopic (exact) mass is 269 g/mol. The first-order valence-corrected chi connectivity index (χ1v) is 4.86. The molecule has 0 radical (unpaired) electrons. The molecular weight excluding hydrogens is 267 g/mol. The van der Waals surface area contributed by atoms with E-state index in [1.165, 1.54) is 18.5 Å². The quantitative estimate of drug-likeness (QED) is 0.160. The lowest BCUT2D eigenvalue weighted by Gasteiger charge is -2.21. The molecule has 1 atom stereocenters. The number of alkyl halides is 4. The lowest BCUT2D eigenvalue weighted by atomic mass is 10.6. The second-order valence-electron chi connectivity index (χ2n) is 2.38. The van der Waals surface area contributed by atoms with Gasteiger partial charge in [-0.2, -0.15) is 8.78 Å². The minimum Gasteiger partial charge on any atom is -0.231 e. The van der Waals surface area contributed by atoms with Crippen LogP contribution in [0.4, 0.5) is 13.2 Å². The van der Waals surface area contributed by atoms with Crippen LogP contribution in [-0.4, -0.2) is 20.5 Å². The van der Waals surface area contributed by atoms with E-state index in [4.69, 9.17) is 17.1 Å². The van der Waals surface area contributed by atoms with Crippen LogP contribution in [0.3, 0.4) is 0 Å². The molecule has 16 heavy (non-hydrogen) atoms. The van der Waals surface area contributed by atoms with E-state index in [2.05, 4.69) is 9.97 Å². The standard InChI is InChI=1S/C6H3ClF3N5S/c7-5(8,6(9,10)14-15-11)16-4-12-2-1-3-13-4/h1-3H. The first-order valence-electron chi connectivity index (χ1n) is 3.67. The van der Waals surface area contributed by atoms with Gasteiger partial charge in [0.15, 0.2) is 5.16 Å². The van der Waals surface area contributed by atoms with Crippen LogP contribution in [0.1, 0.15) is 0 Å². The second-order valence-corrected chi connectivity index (χ2v) is 4.26. The van der Waals surface area contributed by atoms with E-state index < -0.39 is 10.5 Å². The van der Waals surface area contributed by atoms with E-state index in [0.29, 0.717) is 0 Å². The molecule has 86 valence electrons. The fourth-order valence-corrected chi connectivity index (χ4v) is 1.49. The van der Waals surface area contributed by atoms with Crippen LogP contribution in [0.25, 0.3) is 10.4 Å². The molecule has 0 aliphatic carbocycles. The van der Waals surface area contributed by atoms with Crippen LogP contribution in [0.15, 0.2) is 28.7 Å². The predicted octanol–water partition coefficient (Wildman–Crippen LogP) is 3.33. The van der Waals surface area contributed by atoms with Gasteiger partial charge in [0.25, 0.3) is 0 Å². The van der Waals surface area contributed by atoms with Gasteiger partial charge < -0.3 is 0 Å². The minimum absolute atomic E-state index is 0.146. The lowest BCUT2D eigenvalue weighted by Crippen LogP contribution is -2.34. The van der Waals surface area contributed by atoms with Crippen LogP contribution in [-0.2, 0) is 0 Å². The zero-order chi connectivity index (χ0) is 12.2. The summed E-state index contributed by atoms with van der Waals surface area (Å²) >= 11 is 4.80. The molecular formula is C6H3ClF3N5S. The normalized spacial score (nSPS) is 15.0. The number of azide groups is 1. The minimum atomic E-state index is -4.41. The van der Waals surface area contributed by atoms with Gasteiger partial charge in [-0.05, 0) is 28.5 Å². The van der Waals surface area contributed by atoms with Gasteiger partial charge in [-0.3, -0.25) is 0 Å². The number of thioether (sulfide) groups is 1. The molecule has 0 aromatic carbocycles. The Morgan fingerprint density at radius 1 is 1.38 bits per heavy atom. The number of hydrogen-bond donors (Lipinski definition) is 0. The summed E-state index contributed by atoms with van der Waals surface area (Å²) in [6, 6.07) is -2.99. The number of nitrogens with zero attached hydrogens (tertiary/aromatic N) is 5. The Hall–Kier alpha value is -1.18. The van der Waals surface area contributed by atoms with Crippen LogP contribution in [0, 0.1) is 0 Å². The first kappa shape index (κ1) is 12.9. The molecule has 0 saturated carbocycles. The van der Waals surface area contributed by atoms with Crippen molar-refractivity contribution in [1.82, 2.24) is 9.97 Å². The number of halogens is 4. The van der Waals surface area contributed by atoms with Crippen molar-refractivity contribution in [3.05, 3.63) is 28.9 Å². The summed E-state index contributed by atoms with van der Waals surface area (Å²) in [4.78, 5) is 8.81. The van der Waals surface area contributed by atoms with E-state index >= 15 is 0 Å². The maximum Gasteiger partial charge on any atom is 0.382 e. The molecule has 0 aliphatic heterocycles. The molecule has 1 rings (SSSR count). The van der Waals surface area contributed by atoms with Gasteiger partial charge in [-0.1, -0.05) is 11.6 Å². The summed E-state index contributed by atoms with van der Waals surface area (Å²) in [6.07, 6.45) is 2.46. The van der Waals surface area contributed by atoms with E-state index in [-0.39, 0.29) is 16.9 Å². The third-order valence-corrected chi connectivity index (χ3v) is 2.64. The van der Waals surface area contributed by atoms with Crippen molar-refractivity contribution in [1.29, 1.82) is 0 Å². The van der Waals surface area contributed by atoms with Gasteiger partial charge in [0.1, 0.15) is 0 Å². The fourth-order valence-electron chi connectivity index (χ4n) is 0.629. The van der Waals surface area contributed by atoms with E-state index in [1.807, 2.05) is 10.0 Å². The topological polar surface area (TPSA) is 74.5 Å². The van der Waals surface area contributed by atoms with Crippen LogP contribution < -0.4 is 0 Å². The smallest absolute Gasteiger partial charge is 0.231 e. The molecule has 1 heterocycles. The van der Waals surface area contributed by atoms with Crippen molar-refractivity contribution < 1.29 is 13.2 Å². The highest BCUT2D eigenvalue weighted by atomic mass is 35.5. The van der Waals surface area contributed by atoms with Crippen LogP contribution in [0.5, 0.6) is 0 Å². The highest BCUT2D eigenvalue weighted by Gasteiger charge is 2.55. The van der Waals surface area contributed by atoms with Crippen LogP contribution >= 0.6 is 23.4 Å². The van der Waals surface area contributed by atoms with Crippen LogP contribution in [0.2, 0.25) is 0 Å². The molecule has 10 heteroatoms. The maximum absolute atomic E-state index is 13.4. The molecule has 1 aromatic rings. The Morgan fingerprint density at radius 2 is 1.94 bits per heavy atom. The SMILES string of the molecule is [N-]=[N+]=NC(F)(F)C(F)(Cl)Sc1ncccn1. The van der Waals surface area contributed by atoms with E-state index in [1.54, 1.807) is 0 Å². The molecule has 0 spiro atoms. The number of hydrogen-bond acceptors (Lipinski definition) is 4. The molecule has 1 unspecified atom stereocenters. The molecule has 0 saturated heterocycles. The number of aromatic nitrogens is 2. The second kappa shape index (κ2) is 4.77. The lowest BCUT2D eigenvalue weighted by molar-refractivity contribution is -0.0482. The first-order chi connectivity index (χ1) is 7.39. The number of rotatable bonds is 4. The molecule has 0 aliphatic rings. The zero-order valence-electron chi connectivity index (χ0n) is 7.39. The summed E-state index contributed by atoms with van der Waals surface area (Å²) in [5.41, 5.74) is 7.84. The third-order valence-electron chi connectivity index (χ3n) is 1.28. The molecule has 0 fully saturated rings. The largest absolute Gasteiger partial charge is 0.382 e. The summed E-state index contributed by atoms with van der Waals surface area (Å²) in [5, 5.41) is 1.69. The average Bonchev–Trinajstić information content (AvgIpc) is 2.18. The zero-order valence-corrected chi connectivity index (χ0v) is 8.96. The van der Waals surface area contributed by atoms with E-state index in [0.717, 1.165) is 0 Å². The molecule has 1 aromatic heterocycles. The van der Waals surface area contributed by atoms with Gasteiger partial charge in [-0.25, -0.2) is 14.4 Å². The van der Waals surface area contributed by atoms with Crippen molar-refractivity contribution in [3.8, 4) is 0 Å². The van der Waals surface area contributed by atoms with Crippen molar-refractivity contribution in [2.24, 2.45) is 5.11 Å². The Balaban J connectivity index is 2.91. The average molecular weight is 270 g/mol. The Labute approximate surface area is 96.7 Å². The van der Waals surface area contributed by atoms with Gasteiger partial charge in [-0.15, -0.1) is 0 Å².